The fraction of sp³-hybridized carbons (Fsp3) is 0. The van der Waals surface area contributed by atoms with Crippen molar-refractivity contribution in [3.8, 4) is 0 Å². The summed E-state index contributed by atoms with van der Waals surface area (Å²) in [6.45, 7) is 0. The van der Waals surface area contributed by atoms with Gasteiger partial charge in [0.25, 0.3) is 0 Å². The van der Waals surface area contributed by atoms with Crippen LogP contribution in [-0.2, 0) is 5.21 Å². The summed E-state index contributed by atoms with van der Waals surface area (Å²) >= 11 is 0. The second kappa shape index (κ2) is 2.93. The number of anilines is 1. The van der Waals surface area contributed by atoms with Crippen molar-refractivity contribution in [1.29, 1.82) is 0 Å². The van der Waals surface area contributed by atoms with E-state index in [-0.39, 0.29) is 10.9 Å². The third-order valence-corrected chi connectivity index (χ3v) is 1.05. The minimum absolute atomic E-state index is 0.0278. The highest BCUT2D eigenvalue weighted by molar-refractivity contribution is 5.41. The zero-order valence-electron chi connectivity index (χ0n) is 5.10. The molecule has 0 aromatic heterocycles. The Hall–Kier alpha value is -1.42. The third-order valence-electron chi connectivity index (χ3n) is 1.05. The second-order valence-corrected chi connectivity index (χ2v) is 1.69. The molecule has 1 radical (unpaired) electrons. The van der Waals surface area contributed by atoms with Crippen LogP contribution in [0.5, 0.6) is 0 Å². The second-order valence-electron chi connectivity index (χ2n) is 1.69. The van der Waals surface area contributed by atoms with Gasteiger partial charge in [-0.1, -0.05) is 28.6 Å². The van der Waals surface area contributed by atoms with Gasteiger partial charge in [0, 0.05) is 0 Å². The van der Waals surface area contributed by atoms with Crippen LogP contribution >= 0.6 is 0 Å². The van der Waals surface area contributed by atoms with Gasteiger partial charge in [0.2, 0.25) is 0 Å². The molecule has 4 nitrogen and oxygen atoms in total. The Kier molecular flexibility index (Phi) is 1.96. The fourth-order valence-corrected chi connectivity index (χ4v) is 0.603. The summed E-state index contributed by atoms with van der Waals surface area (Å²) in [4.78, 5) is 9.67. The Morgan fingerprint density at radius 2 is 1.80 bits per heavy atom. The van der Waals surface area contributed by atoms with Crippen molar-refractivity contribution in [3.63, 3.8) is 0 Å². The van der Waals surface area contributed by atoms with E-state index in [2.05, 4.69) is 5.29 Å². The highest BCUT2D eigenvalue weighted by atomic mass is 16.6. The summed E-state index contributed by atoms with van der Waals surface area (Å²) in [7, 11) is 0. The van der Waals surface area contributed by atoms with E-state index in [4.69, 9.17) is 0 Å². The van der Waals surface area contributed by atoms with E-state index in [1.807, 2.05) is 0 Å². The number of hydrogen-bond acceptors (Lipinski definition) is 2. The predicted molar refractivity (Wildman–Crippen MR) is 35.4 cm³/mol. The highest BCUT2D eigenvalue weighted by Gasteiger charge is 1.99. The monoisotopic (exact) mass is 137 g/mol. The molecular formula is C6H5N2O2. The maximum atomic E-state index is 10.5. The molecule has 0 heterocycles. The smallest absolute Gasteiger partial charge is 0.0966 e. The summed E-state index contributed by atoms with van der Waals surface area (Å²) in [5.41, 5.74) is 0.248. The number of hydrogen-bond donors (Lipinski definition) is 0. The van der Waals surface area contributed by atoms with Gasteiger partial charge in [-0.15, -0.1) is 4.91 Å². The van der Waals surface area contributed by atoms with E-state index in [0.717, 1.165) is 0 Å². The van der Waals surface area contributed by atoms with Crippen molar-refractivity contribution in [2.24, 2.45) is 5.29 Å². The molecule has 10 heavy (non-hydrogen) atoms. The van der Waals surface area contributed by atoms with Crippen LogP contribution in [0, 0.1) is 4.91 Å². The minimum Gasteiger partial charge on any atom is -0.122 e. The van der Waals surface area contributed by atoms with Crippen LogP contribution in [-0.4, -0.2) is 0 Å². The van der Waals surface area contributed by atoms with Crippen LogP contribution in [0.1, 0.15) is 0 Å². The molecule has 51 valence electrons. The van der Waals surface area contributed by atoms with Gasteiger partial charge >= 0.3 is 0 Å². The van der Waals surface area contributed by atoms with E-state index in [1.54, 1.807) is 18.2 Å². The standard InChI is InChI=1S/C6H5N2O2/c9-7-8(10)6-4-2-1-3-5-6/h1-5H. The summed E-state index contributed by atoms with van der Waals surface area (Å²) in [5, 5.41) is 12.7. The maximum absolute atomic E-state index is 10.5. The quantitative estimate of drug-likeness (QED) is 0.458. The first-order chi connectivity index (χ1) is 4.84. The summed E-state index contributed by atoms with van der Waals surface area (Å²) < 4.78 is 0. The SMILES string of the molecule is [O]N(N=O)c1ccccc1. The van der Waals surface area contributed by atoms with Crippen molar-refractivity contribution >= 4 is 5.69 Å². The first-order valence-corrected chi connectivity index (χ1v) is 2.70. The van der Waals surface area contributed by atoms with Crippen molar-refractivity contribution < 1.29 is 5.21 Å². The topological polar surface area (TPSA) is 52.6 Å². The van der Waals surface area contributed by atoms with Crippen LogP contribution in [0.25, 0.3) is 0 Å². The lowest BCUT2D eigenvalue weighted by atomic mass is 10.3. The van der Waals surface area contributed by atoms with Gasteiger partial charge in [-0.25, -0.2) is 0 Å². The van der Waals surface area contributed by atoms with Crippen LogP contribution in [0.4, 0.5) is 5.69 Å². The molecule has 0 aliphatic rings. The molecule has 0 bridgehead atoms. The van der Waals surface area contributed by atoms with Gasteiger partial charge in [0.05, 0.1) is 11.0 Å². The lowest BCUT2D eigenvalue weighted by Crippen LogP contribution is -2.04. The van der Waals surface area contributed by atoms with Gasteiger partial charge < -0.3 is 0 Å². The number of para-hydroxylation sites is 1. The zero-order valence-corrected chi connectivity index (χ0v) is 5.10. The molecule has 1 aromatic carbocycles. The van der Waals surface area contributed by atoms with Crippen molar-refractivity contribution in [3.05, 3.63) is 35.2 Å². The third kappa shape index (κ3) is 1.29. The maximum Gasteiger partial charge on any atom is 0.0966 e. The fourth-order valence-electron chi connectivity index (χ4n) is 0.603. The molecule has 0 N–H and O–H groups in total. The molecule has 0 aliphatic carbocycles. The van der Waals surface area contributed by atoms with Crippen molar-refractivity contribution in [2.75, 3.05) is 5.17 Å². The Balaban J connectivity index is 2.84. The largest absolute Gasteiger partial charge is 0.122 e. The Morgan fingerprint density at radius 1 is 1.20 bits per heavy atom. The summed E-state index contributed by atoms with van der Waals surface area (Å²) in [6, 6.07) is 8.09. The van der Waals surface area contributed by atoms with Crippen molar-refractivity contribution in [1.82, 2.24) is 0 Å². The number of benzene rings is 1. The van der Waals surface area contributed by atoms with E-state index in [0.29, 0.717) is 0 Å². The lowest BCUT2D eigenvalue weighted by molar-refractivity contribution is 0.160. The van der Waals surface area contributed by atoms with Gasteiger partial charge in [0.1, 0.15) is 0 Å². The summed E-state index contributed by atoms with van der Waals surface area (Å²) in [6.07, 6.45) is 0. The van der Waals surface area contributed by atoms with Crippen LogP contribution in [0.3, 0.4) is 0 Å². The number of rotatable bonds is 2. The molecule has 1 rings (SSSR count). The molecule has 0 saturated heterocycles. The minimum atomic E-state index is 0.0278. The molecule has 1 aromatic rings. The molecular weight excluding hydrogens is 132 g/mol. The molecule has 0 spiro atoms. The average molecular weight is 137 g/mol. The Labute approximate surface area is 57.6 Å². The van der Waals surface area contributed by atoms with Crippen LogP contribution in [0.2, 0.25) is 0 Å². The Bertz CT molecular complexity index is 212. The molecule has 0 atom stereocenters. The summed E-state index contributed by atoms with van der Waals surface area (Å²) in [5.74, 6) is 0. The predicted octanol–water partition coefficient (Wildman–Crippen LogP) is 1.52. The number of nitroso groups, excluding NO2 is 1. The average Bonchev–Trinajstić information content (AvgIpc) is 2.05. The first kappa shape index (κ1) is 6.70. The van der Waals surface area contributed by atoms with E-state index >= 15 is 0 Å². The molecule has 0 fully saturated rings. The zero-order chi connectivity index (χ0) is 7.40. The van der Waals surface area contributed by atoms with Gasteiger partial charge in [-0.3, -0.25) is 0 Å². The molecule has 4 heteroatoms. The molecule has 0 saturated carbocycles. The highest BCUT2D eigenvalue weighted by Crippen LogP contribution is 2.10. The van der Waals surface area contributed by atoms with Gasteiger partial charge in [0.15, 0.2) is 0 Å². The molecule has 0 amide bonds. The molecule has 0 unspecified atom stereocenters. The number of nitrogens with zero attached hydrogens (tertiary/aromatic N) is 2. The lowest BCUT2D eigenvalue weighted by Gasteiger charge is -2.00. The normalized spacial score (nSPS) is 8.90. The van der Waals surface area contributed by atoms with Crippen LogP contribution < -0.4 is 5.17 Å². The van der Waals surface area contributed by atoms with Crippen LogP contribution in [0.15, 0.2) is 35.6 Å². The van der Waals surface area contributed by atoms with E-state index < -0.39 is 0 Å². The van der Waals surface area contributed by atoms with Gasteiger partial charge in [-0.05, 0) is 12.1 Å². The van der Waals surface area contributed by atoms with E-state index in [9.17, 15) is 10.1 Å². The van der Waals surface area contributed by atoms with E-state index in [1.165, 1.54) is 12.1 Å². The molecule has 0 aliphatic heterocycles. The Morgan fingerprint density at radius 3 is 2.30 bits per heavy atom. The first-order valence-electron chi connectivity index (χ1n) is 2.70. The van der Waals surface area contributed by atoms with Crippen molar-refractivity contribution in [2.45, 2.75) is 0 Å². The van der Waals surface area contributed by atoms with Gasteiger partial charge in [-0.2, -0.15) is 0 Å².